The summed E-state index contributed by atoms with van der Waals surface area (Å²) < 4.78 is 25.7. The van der Waals surface area contributed by atoms with E-state index in [0.717, 1.165) is 6.07 Å². The Morgan fingerprint density at radius 2 is 1.83 bits per heavy atom. The van der Waals surface area contributed by atoms with Crippen LogP contribution in [0.5, 0.6) is 0 Å². The highest BCUT2D eigenvalue weighted by Crippen LogP contribution is 2.15. The van der Waals surface area contributed by atoms with Crippen molar-refractivity contribution in [1.29, 1.82) is 0 Å². The van der Waals surface area contributed by atoms with E-state index in [4.69, 9.17) is 5.73 Å². The molecule has 0 atom stereocenters. The SMILES string of the molecule is Cl.NCc1cc(I)c(F)cc1F. The van der Waals surface area contributed by atoms with Gasteiger partial charge in [0.1, 0.15) is 11.6 Å². The summed E-state index contributed by atoms with van der Waals surface area (Å²) >= 11 is 1.79. The molecular formula is C7H7ClF2IN. The summed E-state index contributed by atoms with van der Waals surface area (Å²) in [6, 6.07) is 2.26. The maximum atomic E-state index is 12.7. The summed E-state index contributed by atoms with van der Waals surface area (Å²) in [5.41, 5.74) is 5.55. The van der Waals surface area contributed by atoms with Crippen molar-refractivity contribution >= 4 is 35.0 Å². The van der Waals surface area contributed by atoms with E-state index in [-0.39, 0.29) is 19.0 Å². The van der Waals surface area contributed by atoms with Crippen molar-refractivity contribution in [2.45, 2.75) is 6.54 Å². The molecule has 0 saturated heterocycles. The highest BCUT2D eigenvalue weighted by Gasteiger charge is 2.05. The number of hydrogen-bond acceptors (Lipinski definition) is 1. The van der Waals surface area contributed by atoms with Crippen LogP contribution in [0.4, 0.5) is 8.78 Å². The highest BCUT2D eigenvalue weighted by atomic mass is 127. The minimum atomic E-state index is -0.578. The number of benzene rings is 1. The number of halogens is 4. The lowest BCUT2D eigenvalue weighted by Crippen LogP contribution is -2.01. The summed E-state index contributed by atoms with van der Waals surface area (Å²) in [6.07, 6.45) is 0. The fraction of sp³-hybridized carbons (Fsp3) is 0.143. The monoisotopic (exact) mass is 305 g/mol. The van der Waals surface area contributed by atoms with E-state index >= 15 is 0 Å². The van der Waals surface area contributed by atoms with Crippen molar-refractivity contribution < 1.29 is 8.78 Å². The van der Waals surface area contributed by atoms with Crippen LogP contribution >= 0.6 is 35.0 Å². The smallest absolute Gasteiger partial charge is 0.139 e. The van der Waals surface area contributed by atoms with E-state index in [1.54, 1.807) is 22.6 Å². The van der Waals surface area contributed by atoms with Crippen molar-refractivity contribution in [3.05, 3.63) is 32.9 Å². The highest BCUT2D eigenvalue weighted by molar-refractivity contribution is 14.1. The van der Waals surface area contributed by atoms with Gasteiger partial charge >= 0.3 is 0 Å². The van der Waals surface area contributed by atoms with E-state index in [1.165, 1.54) is 6.07 Å². The van der Waals surface area contributed by atoms with E-state index < -0.39 is 11.6 Å². The van der Waals surface area contributed by atoms with Gasteiger partial charge in [0, 0.05) is 21.7 Å². The van der Waals surface area contributed by atoms with Gasteiger partial charge < -0.3 is 5.73 Å². The molecule has 0 spiro atoms. The number of hydrogen-bond donors (Lipinski definition) is 1. The van der Waals surface area contributed by atoms with E-state index in [0.29, 0.717) is 9.13 Å². The van der Waals surface area contributed by atoms with Gasteiger partial charge in [-0.1, -0.05) is 0 Å². The summed E-state index contributed by atoms with van der Waals surface area (Å²) in [4.78, 5) is 0. The van der Waals surface area contributed by atoms with Gasteiger partial charge in [0.2, 0.25) is 0 Å². The fourth-order valence-corrected chi connectivity index (χ4v) is 1.25. The topological polar surface area (TPSA) is 26.0 Å². The molecule has 2 N–H and O–H groups in total. The zero-order valence-corrected chi connectivity index (χ0v) is 8.96. The Hall–Kier alpha value is 0.0600. The standard InChI is InChI=1S/C7H6F2IN.ClH/c8-5-2-6(9)7(10)1-4(5)3-11;/h1-2H,3,11H2;1H. The second-order valence-corrected chi connectivity index (χ2v) is 3.22. The van der Waals surface area contributed by atoms with Crippen LogP contribution in [0.3, 0.4) is 0 Å². The maximum Gasteiger partial charge on any atom is 0.139 e. The normalized spacial score (nSPS) is 9.33. The third-order valence-corrected chi connectivity index (χ3v) is 2.14. The molecule has 0 heterocycles. The van der Waals surface area contributed by atoms with Gasteiger partial charge in [-0.15, -0.1) is 12.4 Å². The van der Waals surface area contributed by atoms with Gasteiger partial charge in [-0.05, 0) is 28.7 Å². The first kappa shape index (κ1) is 12.1. The lowest BCUT2D eigenvalue weighted by Gasteiger charge is -2.00. The van der Waals surface area contributed by atoms with E-state index in [9.17, 15) is 8.78 Å². The van der Waals surface area contributed by atoms with Crippen molar-refractivity contribution in [3.8, 4) is 0 Å². The molecule has 0 aromatic heterocycles. The van der Waals surface area contributed by atoms with Gasteiger partial charge in [0.05, 0.1) is 0 Å². The predicted octanol–water partition coefficient (Wildman–Crippen LogP) is 2.45. The fourth-order valence-electron chi connectivity index (χ4n) is 0.720. The maximum absolute atomic E-state index is 12.7. The number of nitrogens with two attached hydrogens (primary N) is 1. The molecule has 12 heavy (non-hydrogen) atoms. The Bertz CT molecular complexity index is 280. The molecule has 0 aliphatic heterocycles. The number of rotatable bonds is 1. The summed E-state index contributed by atoms with van der Waals surface area (Å²) in [7, 11) is 0. The van der Waals surface area contributed by atoms with Crippen molar-refractivity contribution in [3.63, 3.8) is 0 Å². The summed E-state index contributed by atoms with van der Waals surface area (Å²) in [6.45, 7) is 0.0993. The van der Waals surface area contributed by atoms with Gasteiger partial charge in [-0.2, -0.15) is 0 Å². The second-order valence-electron chi connectivity index (χ2n) is 2.06. The molecule has 0 bridgehead atoms. The summed E-state index contributed by atoms with van der Waals surface area (Å²) in [5, 5.41) is 0. The first-order chi connectivity index (χ1) is 5.15. The van der Waals surface area contributed by atoms with Gasteiger partial charge in [0.15, 0.2) is 0 Å². The lowest BCUT2D eigenvalue weighted by molar-refractivity contribution is 0.568. The largest absolute Gasteiger partial charge is 0.326 e. The van der Waals surface area contributed by atoms with Gasteiger partial charge in [-0.3, -0.25) is 0 Å². The molecule has 1 aromatic rings. The first-order valence-electron chi connectivity index (χ1n) is 2.98. The van der Waals surface area contributed by atoms with Crippen LogP contribution in [0.15, 0.2) is 12.1 Å². The average molecular weight is 305 g/mol. The summed E-state index contributed by atoms with van der Waals surface area (Å²) in [5.74, 6) is -1.12. The van der Waals surface area contributed by atoms with Crippen molar-refractivity contribution in [2.24, 2.45) is 5.73 Å². The first-order valence-corrected chi connectivity index (χ1v) is 4.06. The predicted molar refractivity (Wildman–Crippen MR) is 54.2 cm³/mol. The molecule has 0 radical (unpaired) electrons. The molecule has 0 amide bonds. The van der Waals surface area contributed by atoms with Crippen LogP contribution in [0.2, 0.25) is 0 Å². The Balaban J connectivity index is 0.00000121. The molecule has 0 fully saturated rings. The quantitative estimate of drug-likeness (QED) is 0.626. The molecule has 1 rings (SSSR count). The third kappa shape index (κ3) is 2.53. The van der Waals surface area contributed by atoms with E-state index in [1.807, 2.05) is 0 Å². The average Bonchev–Trinajstić information content (AvgIpc) is 1.97. The Kier molecular flexibility index (Phi) is 4.96. The van der Waals surface area contributed by atoms with Crippen LogP contribution in [0.25, 0.3) is 0 Å². The molecule has 0 aliphatic carbocycles. The minimum absolute atomic E-state index is 0. The van der Waals surface area contributed by atoms with Crippen LogP contribution in [0, 0.1) is 15.2 Å². The molecule has 0 saturated carbocycles. The van der Waals surface area contributed by atoms with Crippen LogP contribution in [-0.2, 0) is 6.54 Å². The third-order valence-electron chi connectivity index (χ3n) is 1.31. The van der Waals surface area contributed by atoms with Crippen molar-refractivity contribution in [2.75, 3.05) is 0 Å². The van der Waals surface area contributed by atoms with Crippen LogP contribution < -0.4 is 5.73 Å². The molecule has 0 unspecified atom stereocenters. The van der Waals surface area contributed by atoms with E-state index in [2.05, 4.69) is 0 Å². The van der Waals surface area contributed by atoms with Crippen LogP contribution in [0.1, 0.15) is 5.56 Å². The Labute approximate surface area is 88.9 Å². The molecule has 1 aromatic carbocycles. The zero-order valence-electron chi connectivity index (χ0n) is 5.98. The Morgan fingerprint density at radius 3 is 2.33 bits per heavy atom. The zero-order chi connectivity index (χ0) is 8.43. The Morgan fingerprint density at radius 1 is 1.25 bits per heavy atom. The van der Waals surface area contributed by atoms with Gasteiger partial charge in [-0.25, -0.2) is 8.78 Å². The molecular weight excluding hydrogens is 298 g/mol. The second kappa shape index (κ2) is 4.94. The minimum Gasteiger partial charge on any atom is -0.326 e. The lowest BCUT2D eigenvalue weighted by atomic mass is 10.2. The molecule has 0 aliphatic rings. The van der Waals surface area contributed by atoms with Gasteiger partial charge in [0.25, 0.3) is 0 Å². The van der Waals surface area contributed by atoms with Crippen molar-refractivity contribution in [1.82, 2.24) is 0 Å². The van der Waals surface area contributed by atoms with Crippen LogP contribution in [-0.4, -0.2) is 0 Å². The molecule has 68 valence electrons. The molecule has 1 nitrogen and oxygen atoms in total. The molecule has 5 heteroatoms.